The van der Waals surface area contributed by atoms with Crippen LogP contribution >= 0.6 is 0 Å². The van der Waals surface area contributed by atoms with Gasteiger partial charge in [-0.15, -0.1) is 0 Å². The third kappa shape index (κ3) is 4.37. The van der Waals surface area contributed by atoms with Crippen LogP contribution in [0.25, 0.3) is 0 Å². The summed E-state index contributed by atoms with van der Waals surface area (Å²) < 4.78 is 0. The van der Waals surface area contributed by atoms with E-state index in [9.17, 15) is 9.59 Å². The van der Waals surface area contributed by atoms with Gasteiger partial charge in [0.05, 0.1) is 5.56 Å². The van der Waals surface area contributed by atoms with Gasteiger partial charge in [0.2, 0.25) is 5.91 Å². The Balaban J connectivity index is 1.64. The lowest BCUT2D eigenvalue weighted by Gasteiger charge is -2.24. The number of carbonyl (C=O) groups is 2. The molecule has 0 atom stereocenters. The second-order valence-corrected chi connectivity index (χ2v) is 5.44. The zero-order chi connectivity index (χ0) is 14.4. The maximum absolute atomic E-state index is 11.6. The molecule has 1 aliphatic rings. The summed E-state index contributed by atoms with van der Waals surface area (Å²) >= 11 is 0. The molecular formula is C16H21NO3. The molecule has 108 valence electrons. The number of nitrogens with one attached hydrogen (secondary N) is 1. The lowest BCUT2D eigenvalue weighted by molar-refractivity contribution is -0.121. The molecule has 1 saturated carbocycles. The summed E-state index contributed by atoms with van der Waals surface area (Å²) in [7, 11) is 0. The van der Waals surface area contributed by atoms with Gasteiger partial charge in [0, 0.05) is 13.0 Å². The molecule has 4 nitrogen and oxygen atoms in total. The molecule has 2 rings (SSSR count). The van der Waals surface area contributed by atoms with Gasteiger partial charge < -0.3 is 10.4 Å². The standard InChI is InChI=1S/C16H21NO3/c18-15(9-6-12-2-1-3-12)17-11-10-13-4-7-14(8-5-13)16(19)20/h4-5,7-8,12H,1-3,6,9-11H2,(H,17,18)(H,19,20). The first-order valence-electron chi connectivity index (χ1n) is 7.24. The maximum atomic E-state index is 11.6. The monoisotopic (exact) mass is 275 g/mol. The van der Waals surface area contributed by atoms with Gasteiger partial charge in [-0.1, -0.05) is 31.4 Å². The van der Waals surface area contributed by atoms with Gasteiger partial charge in [0.15, 0.2) is 0 Å². The summed E-state index contributed by atoms with van der Waals surface area (Å²) in [4.78, 5) is 22.3. The Bertz CT molecular complexity index is 463. The van der Waals surface area contributed by atoms with Crippen molar-refractivity contribution in [3.05, 3.63) is 35.4 Å². The Labute approximate surface area is 119 Å². The van der Waals surface area contributed by atoms with Crippen molar-refractivity contribution in [2.45, 2.75) is 38.5 Å². The van der Waals surface area contributed by atoms with Crippen LogP contribution in [0.15, 0.2) is 24.3 Å². The van der Waals surface area contributed by atoms with Gasteiger partial charge >= 0.3 is 5.97 Å². The molecule has 1 aliphatic carbocycles. The Morgan fingerprint density at radius 2 is 1.90 bits per heavy atom. The number of carboxylic acids is 1. The summed E-state index contributed by atoms with van der Waals surface area (Å²) in [5.74, 6) is -0.0239. The van der Waals surface area contributed by atoms with Crippen molar-refractivity contribution in [3.8, 4) is 0 Å². The number of hydrogen-bond donors (Lipinski definition) is 2. The van der Waals surface area contributed by atoms with E-state index >= 15 is 0 Å². The van der Waals surface area contributed by atoms with Crippen LogP contribution in [0.5, 0.6) is 0 Å². The van der Waals surface area contributed by atoms with Crippen molar-refractivity contribution in [2.75, 3.05) is 6.54 Å². The molecule has 1 fully saturated rings. The fraction of sp³-hybridized carbons (Fsp3) is 0.500. The average molecular weight is 275 g/mol. The van der Waals surface area contributed by atoms with Crippen molar-refractivity contribution < 1.29 is 14.7 Å². The molecule has 1 aromatic carbocycles. The smallest absolute Gasteiger partial charge is 0.335 e. The SMILES string of the molecule is O=C(CCC1CCC1)NCCc1ccc(C(=O)O)cc1. The third-order valence-corrected chi connectivity index (χ3v) is 3.94. The van der Waals surface area contributed by atoms with Gasteiger partial charge in [-0.2, -0.15) is 0 Å². The van der Waals surface area contributed by atoms with Crippen LogP contribution in [-0.4, -0.2) is 23.5 Å². The zero-order valence-electron chi connectivity index (χ0n) is 11.6. The largest absolute Gasteiger partial charge is 0.478 e. The highest BCUT2D eigenvalue weighted by molar-refractivity contribution is 5.87. The molecule has 1 aromatic rings. The Morgan fingerprint density at radius 3 is 2.45 bits per heavy atom. The van der Waals surface area contributed by atoms with E-state index in [1.807, 2.05) is 0 Å². The number of carboxylic acid groups (broad SMARTS) is 1. The van der Waals surface area contributed by atoms with Crippen molar-refractivity contribution in [1.82, 2.24) is 5.32 Å². The van der Waals surface area contributed by atoms with Gasteiger partial charge in [0.1, 0.15) is 0 Å². The average Bonchev–Trinajstić information content (AvgIpc) is 2.37. The number of carbonyl (C=O) groups excluding carboxylic acids is 1. The van der Waals surface area contributed by atoms with Gasteiger partial charge in [-0.25, -0.2) is 4.79 Å². The number of benzene rings is 1. The summed E-state index contributed by atoms with van der Waals surface area (Å²) in [6, 6.07) is 6.78. The highest BCUT2D eigenvalue weighted by Crippen LogP contribution is 2.30. The topological polar surface area (TPSA) is 66.4 Å². The van der Waals surface area contributed by atoms with Crippen LogP contribution in [0.2, 0.25) is 0 Å². The minimum Gasteiger partial charge on any atom is -0.478 e. The van der Waals surface area contributed by atoms with Crippen LogP contribution in [0, 0.1) is 5.92 Å². The van der Waals surface area contributed by atoms with Crippen molar-refractivity contribution >= 4 is 11.9 Å². The van der Waals surface area contributed by atoms with Crippen LogP contribution in [0.4, 0.5) is 0 Å². The van der Waals surface area contributed by atoms with E-state index < -0.39 is 5.97 Å². The van der Waals surface area contributed by atoms with E-state index in [0.29, 0.717) is 18.5 Å². The molecule has 0 aliphatic heterocycles. The first-order valence-corrected chi connectivity index (χ1v) is 7.24. The summed E-state index contributed by atoms with van der Waals surface area (Å²) in [6.07, 6.45) is 6.25. The summed E-state index contributed by atoms with van der Waals surface area (Å²) in [5.41, 5.74) is 1.33. The third-order valence-electron chi connectivity index (χ3n) is 3.94. The van der Waals surface area contributed by atoms with Crippen LogP contribution in [-0.2, 0) is 11.2 Å². The van der Waals surface area contributed by atoms with E-state index in [2.05, 4.69) is 5.32 Å². The Hall–Kier alpha value is -1.84. The van der Waals surface area contributed by atoms with Gasteiger partial charge in [0.25, 0.3) is 0 Å². The molecule has 0 heterocycles. The molecular weight excluding hydrogens is 254 g/mol. The van der Waals surface area contributed by atoms with Crippen molar-refractivity contribution in [3.63, 3.8) is 0 Å². The molecule has 0 aromatic heterocycles. The molecule has 1 amide bonds. The first kappa shape index (κ1) is 14.6. The second-order valence-electron chi connectivity index (χ2n) is 5.44. The lowest BCUT2D eigenvalue weighted by Crippen LogP contribution is -2.26. The van der Waals surface area contributed by atoms with Crippen molar-refractivity contribution in [2.24, 2.45) is 5.92 Å². The summed E-state index contributed by atoms with van der Waals surface area (Å²) in [6.45, 7) is 0.607. The highest BCUT2D eigenvalue weighted by atomic mass is 16.4. The minimum atomic E-state index is -0.916. The molecule has 0 spiro atoms. The Kier molecular flexibility index (Phi) is 5.16. The molecule has 0 unspecified atom stereocenters. The number of rotatable bonds is 7. The second kappa shape index (κ2) is 7.08. The van der Waals surface area contributed by atoms with Crippen LogP contribution in [0.1, 0.15) is 48.0 Å². The Morgan fingerprint density at radius 1 is 1.20 bits per heavy atom. The van der Waals surface area contributed by atoms with Crippen LogP contribution < -0.4 is 5.32 Å². The molecule has 4 heteroatoms. The van der Waals surface area contributed by atoms with E-state index in [1.165, 1.54) is 19.3 Å². The number of aromatic carboxylic acids is 1. The lowest BCUT2D eigenvalue weighted by atomic mass is 9.82. The van der Waals surface area contributed by atoms with Crippen molar-refractivity contribution in [1.29, 1.82) is 0 Å². The number of hydrogen-bond acceptors (Lipinski definition) is 2. The molecule has 0 saturated heterocycles. The molecule has 2 N–H and O–H groups in total. The predicted octanol–water partition coefficient (Wildman–Crippen LogP) is 2.62. The van der Waals surface area contributed by atoms with Crippen LogP contribution in [0.3, 0.4) is 0 Å². The normalized spacial score (nSPS) is 14.6. The van der Waals surface area contributed by atoms with Gasteiger partial charge in [-0.3, -0.25) is 4.79 Å². The first-order chi connectivity index (χ1) is 9.65. The quantitative estimate of drug-likeness (QED) is 0.804. The fourth-order valence-corrected chi connectivity index (χ4v) is 2.37. The van der Waals surface area contributed by atoms with E-state index in [4.69, 9.17) is 5.11 Å². The molecule has 20 heavy (non-hydrogen) atoms. The molecule has 0 radical (unpaired) electrons. The van der Waals surface area contributed by atoms with E-state index in [1.54, 1.807) is 24.3 Å². The number of amides is 1. The highest BCUT2D eigenvalue weighted by Gasteiger charge is 2.17. The van der Waals surface area contributed by atoms with E-state index in [-0.39, 0.29) is 5.91 Å². The fourth-order valence-electron chi connectivity index (χ4n) is 2.37. The van der Waals surface area contributed by atoms with Gasteiger partial charge in [-0.05, 0) is 36.5 Å². The van der Waals surface area contributed by atoms with E-state index in [0.717, 1.165) is 24.3 Å². The maximum Gasteiger partial charge on any atom is 0.335 e. The minimum absolute atomic E-state index is 0.124. The predicted molar refractivity (Wildman–Crippen MR) is 76.7 cm³/mol. The molecule has 0 bridgehead atoms. The zero-order valence-corrected chi connectivity index (χ0v) is 11.6. The summed E-state index contributed by atoms with van der Waals surface area (Å²) in [5, 5.41) is 11.7.